The number of carbonyl (C=O) groups excluding carboxylic acids is 1. The number of hydrogen-bond donors (Lipinski definition) is 1. The van der Waals surface area contributed by atoms with Gasteiger partial charge in [-0.25, -0.2) is 0 Å². The number of pyridine rings is 2. The van der Waals surface area contributed by atoms with Gasteiger partial charge in [-0.2, -0.15) is 5.10 Å². The molecule has 6 nitrogen and oxygen atoms in total. The van der Waals surface area contributed by atoms with Crippen molar-refractivity contribution in [2.45, 2.75) is 9.79 Å². The van der Waals surface area contributed by atoms with E-state index in [0.717, 1.165) is 37.8 Å². The van der Waals surface area contributed by atoms with Gasteiger partial charge < -0.3 is 4.90 Å². The Labute approximate surface area is 201 Å². The van der Waals surface area contributed by atoms with Crippen LogP contribution >= 0.6 is 11.8 Å². The summed E-state index contributed by atoms with van der Waals surface area (Å²) in [5, 5.41) is 8.58. The van der Waals surface area contributed by atoms with Crippen LogP contribution in [0.1, 0.15) is 21.7 Å². The zero-order valence-electron chi connectivity index (χ0n) is 18.4. The molecule has 0 aliphatic rings. The van der Waals surface area contributed by atoms with Crippen molar-refractivity contribution in [1.82, 2.24) is 20.2 Å². The Balaban J connectivity index is 1.39. The molecular weight excluding hydrogens is 442 g/mol. The van der Waals surface area contributed by atoms with Crippen molar-refractivity contribution in [2.24, 2.45) is 0 Å². The number of fused-ring (bicyclic) bond motifs is 1. The van der Waals surface area contributed by atoms with Gasteiger partial charge in [-0.05, 0) is 66.7 Å². The largest absolute Gasteiger partial charge is 0.311 e. The number of aromatic amines is 1. The topological polar surface area (TPSA) is 74.8 Å². The Morgan fingerprint density at radius 1 is 0.941 bits per heavy atom. The summed E-state index contributed by atoms with van der Waals surface area (Å²) in [7, 11) is 1.77. The quantitative estimate of drug-likeness (QED) is 0.337. The molecule has 7 heteroatoms. The lowest BCUT2D eigenvalue weighted by molar-refractivity contribution is 0.0990. The Morgan fingerprint density at radius 3 is 2.59 bits per heavy atom. The number of carbonyl (C=O) groups is 1. The molecule has 34 heavy (non-hydrogen) atoms. The molecule has 5 aromatic rings. The molecule has 1 N–H and O–H groups in total. The van der Waals surface area contributed by atoms with Crippen LogP contribution in [0.2, 0.25) is 0 Å². The minimum atomic E-state index is -0.0705. The van der Waals surface area contributed by atoms with E-state index in [1.807, 2.05) is 72.8 Å². The smallest absolute Gasteiger partial charge is 0.259 e. The van der Waals surface area contributed by atoms with Gasteiger partial charge in [-0.15, -0.1) is 0 Å². The molecule has 2 aromatic carbocycles. The molecular formula is C27H21N5OS. The number of amides is 1. The van der Waals surface area contributed by atoms with E-state index in [9.17, 15) is 4.79 Å². The number of rotatable bonds is 6. The zero-order chi connectivity index (χ0) is 23.3. The van der Waals surface area contributed by atoms with Crippen LogP contribution in [-0.2, 0) is 0 Å². The van der Waals surface area contributed by atoms with Crippen molar-refractivity contribution < 1.29 is 4.79 Å². The summed E-state index contributed by atoms with van der Waals surface area (Å²) < 4.78 is 0. The fourth-order valence-corrected chi connectivity index (χ4v) is 4.55. The molecule has 0 fully saturated rings. The van der Waals surface area contributed by atoms with Gasteiger partial charge in [0.1, 0.15) is 0 Å². The molecule has 3 aromatic heterocycles. The summed E-state index contributed by atoms with van der Waals surface area (Å²) in [6.07, 6.45) is 9.03. The summed E-state index contributed by atoms with van der Waals surface area (Å²) >= 11 is 1.55. The van der Waals surface area contributed by atoms with E-state index in [1.165, 1.54) is 0 Å². The average Bonchev–Trinajstić information content (AvgIpc) is 3.30. The van der Waals surface area contributed by atoms with Crippen LogP contribution in [0, 0.1) is 0 Å². The first-order chi connectivity index (χ1) is 16.7. The molecule has 0 spiro atoms. The van der Waals surface area contributed by atoms with Crippen molar-refractivity contribution in [2.75, 3.05) is 11.9 Å². The van der Waals surface area contributed by atoms with Gasteiger partial charge in [0, 0.05) is 46.5 Å². The highest BCUT2D eigenvalue weighted by atomic mass is 32.2. The predicted molar refractivity (Wildman–Crippen MR) is 137 cm³/mol. The summed E-state index contributed by atoms with van der Waals surface area (Å²) in [6, 6.07) is 23.2. The molecule has 0 aliphatic carbocycles. The Bertz CT molecular complexity index is 1460. The summed E-state index contributed by atoms with van der Waals surface area (Å²) in [5.41, 5.74) is 4.11. The fraction of sp³-hybridized carbons (Fsp3) is 0.0370. The average molecular weight is 464 g/mol. The van der Waals surface area contributed by atoms with Gasteiger partial charge in [0.25, 0.3) is 5.91 Å². The third-order valence-corrected chi connectivity index (χ3v) is 6.43. The van der Waals surface area contributed by atoms with Crippen molar-refractivity contribution in [3.63, 3.8) is 0 Å². The van der Waals surface area contributed by atoms with Crippen LogP contribution in [0.5, 0.6) is 0 Å². The predicted octanol–water partition coefficient (Wildman–Crippen LogP) is 5.95. The molecule has 166 valence electrons. The second kappa shape index (κ2) is 9.72. The molecule has 0 radical (unpaired) electrons. The van der Waals surface area contributed by atoms with Gasteiger partial charge in [0.05, 0.1) is 22.5 Å². The number of H-pyrrole nitrogens is 1. The number of hydrogen-bond acceptors (Lipinski definition) is 5. The van der Waals surface area contributed by atoms with E-state index in [2.05, 4.69) is 32.3 Å². The molecule has 0 aliphatic heterocycles. The van der Waals surface area contributed by atoms with Crippen LogP contribution in [0.15, 0.2) is 101 Å². The highest BCUT2D eigenvalue weighted by Gasteiger charge is 2.18. The third kappa shape index (κ3) is 4.60. The van der Waals surface area contributed by atoms with Crippen molar-refractivity contribution in [3.05, 3.63) is 108 Å². The number of nitrogens with zero attached hydrogens (tertiary/aromatic N) is 4. The van der Waals surface area contributed by atoms with Gasteiger partial charge in [0.2, 0.25) is 0 Å². The maximum atomic E-state index is 13.2. The maximum Gasteiger partial charge on any atom is 0.259 e. The van der Waals surface area contributed by atoms with E-state index in [-0.39, 0.29) is 5.91 Å². The highest BCUT2D eigenvalue weighted by Crippen LogP contribution is 2.33. The number of aromatic nitrogens is 4. The molecule has 3 heterocycles. The first-order valence-corrected chi connectivity index (χ1v) is 11.5. The van der Waals surface area contributed by atoms with Crippen LogP contribution in [0.4, 0.5) is 5.69 Å². The lowest BCUT2D eigenvalue weighted by atomic mass is 10.2. The van der Waals surface area contributed by atoms with Crippen LogP contribution in [-0.4, -0.2) is 33.1 Å². The van der Waals surface area contributed by atoms with Gasteiger partial charge in [0.15, 0.2) is 0 Å². The molecule has 0 bridgehead atoms. The van der Waals surface area contributed by atoms with Crippen LogP contribution in [0.25, 0.3) is 23.1 Å². The van der Waals surface area contributed by atoms with Gasteiger partial charge in [-0.3, -0.25) is 19.9 Å². The fourth-order valence-electron chi connectivity index (χ4n) is 3.57. The van der Waals surface area contributed by atoms with Gasteiger partial charge >= 0.3 is 0 Å². The molecule has 1 amide bonds. The SMILES string of the molecule is CN(C(=O)c1ccccc1Sc1ccc2c(/C=C/c3ccccn3)n[nH]c2c1)c1ccncc1. The normalized spacial score (nSPS) is 11.2. The van der Waals surface area contributed by atoms with E-state index >= 15 is 0 Å². The molecule has 0 unspecified atom stereocenters. The lowest BCUT2D eigenvalue weighted by Crippen LogP contribution is -2.26. The Morgan fingerprint density at radius 2 is 1.76 bits per heavy atom. The number of anilines is 1. The zero-order valence-corrected chi connectivity index (χ0v) is 19.2. The second-order valence-electron chi connectivity index (χ2n) is 7.57. The Kier molecular flexibility index (Phi) is 6.18. The van der Waals surface area contributed by atoms with E-state index in [1.54, 1.807) is 42.3 Å². The molecule has 0 saturated carbocycles. The standard InChI is InChI=1S/C27H21N5OS/c1-32(20-13-16-28-17-14-20)27(33)23-7-2-3-8-26(23)34-21-10-11-22-24(30-31-25(22)18-21)12-9-19-6-4-5-15-29-19/h2-18H,1H3,(H,30,31)/b12-9+. The Hall–Kier alpha value is -4.23. The van der Waals surface area contributed by atoms with Crippen molar-refractivity contribution >= 4 is 46.4 Å². The van der Waals surface area contributed by atoms with Crippen LogP contribution < -0.4 is 4.90 Å². The van der Waals surface area contributed by atoms with Crippen molar-refractivity contribution in [3.8, 4) is 0 Å². The number of benzene rings is 2. The summed E-state index contributed by atoms with van der Waals surface area (Å²) in [5.74, 6) is -0.0705. The summed E-state index contributed by atoms with van der Waals surface area (Å²) in [4.78, 5) is 25.1. The highest BCUT2D eigenvalue weighted by molar-refractivity contribution is 7.99. The first kappa shape index (κ1) is 21.6. The molecule has 0 atom stereocenters. The second-order valence-corrected chi connectivity index (χ2v) is 8.69. The lowest BCUT2D eigenvalue weighted by Gasteiger charge is -2.18. The first-order valence-electron chi connectivity index (χ1n) is 10.7. The maximum absolute atomic E-state index is 13.2. The third-order valence-electron chi connectivity index (χ3n) is 5.36. The van der Waals surface area contributed by atoms with Crippen molar-refractivity contribution in [1.29, 1.82) is 0 Å². The minimum absolute atomic E-state index is 0.0705. The monoisotopic (exact) mass is 463 g/mol. The molecule has 0 saturated heterocycles. The van der Waals surface area contributed by atoms with E-state index in [0.29, 0.717) is 5.56 Å². The molecule has 5 rings (SSSR count). The van der Waals surface area contributed by atoms with Gasteiger partial charge in [-0.1, -0.05) is 30.0 Å². The van der Waals surface area contributed by atoms with Crippen LogP contribution in [0.3, 0.4) is 0 Å². The number of nitrogens with one attached hydrogen (secondary N) is 1. The van der Waals surface area contributed by atoms with E-state index < -0.39 is 0 Å². The summed E-state index contributed by atoms with van der Waals surface area (Å²) in [6.45, 7) is 0. The minimum Gasteiger partial charge on any atom is -0.311 e. The van der Waals surface area contributed by atoms with E-state index in [4.69, 9.17) is 0 Å².